The van der Waals surface area contributed by atoms with Gasteiger partial charge in [0.25, 0.3) is 0 Å². The Kier molecular flexibility index (Phi) is 41.5. The van der Waals surface area contributed by atoms with E-state index in [-0.39, 0.29) is 0 Å². The van der Waals surface area contributed by atoms with Crippen LogP contribution in [0.15, 0.2) is 36.5 Å². The van der Waals surface area contributed by atoms with Gasteiger partial charge in [-0.15, -0.1) is 0 Å². The summed E-state index contributed by atoms with van der Waals surface area (Å²) in [5, 5.41) is 43.7. The fourth-order valence-corrected chi connectivity index (χ4v) is 7.10. The smallest absolute Gasteiger partial charge is 0.249 e. The molecule has 1 amide bonds. The van der Waals surface area contributed by atoms with Gasteiger partial charge in [-0.3, -0.25) is 4.79 Å². The highest BCUT2D eigenvalue weighted by molar-refractivity contribution is 5.80. The van der Waals surface area contributed by atoms with Gasteiger partial charge in [0.05, 0.1) is 18.8 Å². The Morgan fingerprint density at radius 2 is 0.815 bits per heavy atom. The van der Waals surface area contributed by atoms with E-state index in [0.29, 0.717) is 12.8 Å². The van der Waals surface area contributed by atoms with Crippen molar-refractivity contribution in [2.45, 2.75) is 257 Å². The van der Waals surface area contributed by atoms with Crippen LogP contribution in [0.5, 0.6) is 0 Å². The first-order valence-corrected chi connectivity index (χ1v) is 23.4. The Balaban J connectivity index is 3.76. The van der Waals surface area contributed by atoms with Gasteiger partial charge in [-0.05, 0) is 64.2 Å². The molecule has 0 spiro atoms. The lowest BCUT2D eigenvalue weighted by Gasteiger charge is -2.27. The van der Waals surface area contributed by atoms with Crippen LogP contribution in [-0.2, 0) is 4.79 Å². The van der Waals surface area contributed by atoms with Crippen molar-refractivity contribution in [1.82, 2.24) is 5.32 Å². The molecule has 0 saturated heterocycles. The number of hydrogen-bond donors (Lipinski definition) is 5. The maximum absolute atomic E-state index is 12.5. The molecule has 0 fully saturated rings. The molecule has 0 aliphatic heterocycles. The Hall–Kier alpha value is -1.47. The zero-order valence-corrected chi connectivity index (χ0v) is 35.7. The molecule has 0 radical (unpaired) electrons. The van der Waals surface area contributed by atoms with E-state index in [1.165, 1.54) is 161 Å². The highest BCUT2D eigenvalue weighted by Crippen LogP contribution is 2.16. The normalized spacial score (nSPS) is 14.4. The van der Waals surface area contributed by atoms with Gasteiger partial charge in [0.2, 0.25) is 5.91 Å². The van der Waals surface area contributed by atoms with Gasteiger partial charge < -0.3 is 25.7 Å². The fraction of sp³-hybridized carbons (Fsp3) is 0.854. The van der Waals surface area contributed by atoms with E-state index < -0.39 is 36.9 Å². The summed E-state index contributed by atoms with van der Waals surface area (Å²) in [6, 6.07) is -1.00. The molecule has 4 unspecified atom stereocenters. The average Bonchev–Trinajstić information content (AvgIpc) is 3.18. The molecule has 0 bridgehead atoms. The first kappa shape index (κ1) is 52.5. The molecule has 0 aliphatic carbocycles. The minimum Gasteiger partial charge on any atom is -0.394 e. The number of rotatable bonds is 42. The van der Waals surface area contributed by atoms with Crippen LogP contribution in [0.25, 0.3) is 0 Å². The fourth-order valence-electron chi connectivity index (χ4n) is 7.10. The zero-order valence-electron chi connectivity index (χ0n) is 35.7. The molecule has 0 aliphatic rings. The van der Waals surface area contributed by atoms with E-state index in [1.807, 2.05) is 0 Å². The lowest BCUT2D eigenvalue weighted by atomic mass is 10.00. The van der Waals surface area contributed by atoms with Crippen molar-refractivity contribution in [3.8, 4) is 0 Å². The van der Waals surface area contributed by atoms with Crippen LogP contribution in [0.3, 0.4) is 0 Å². The molecule has 6 heteroatoms. The second kappa shape index (κ2) is 42.7. The molecule has 318 valence electrons. The van der Waals surface area contributed by atoms with Crippen molar-refractivity contribution < 1.29 is 25.2 Å². The third kappa shape index (κ3) is 36.2. The van der Waals surface area contributed by atoms with E-state index in [1.54, 1.807) is 0 Å². The highest BCUT2D eigenvalue weighted by Gasteiger charge is 2.28. The first-order valence-electron chi connectivity index (χ1n) is 23.4. The second-order valence-corrected chi connectivity index (χ2v) is 16.1. The Labute approximate surface area is 335 Å². The van der Waals surface area contributed by atoms with Crippen LogP contribution in [0.4, 0.5) is 0 Å². The van der Waals surface area contributed by atoms with Crippen LogP contribution in [0.2, 0.25) is 0 Å². The Morgan fingerprint density at radius 3 is 1.26 bits per heavy atom. The first-order chi connectivity index (χ1) is 26.5. The quantitative estimate of drug-likeness (QED) is 0.0242. The van der Waals surface area contributed by atoms with Gasteiger partial charge in [0.1, 0.15) is 12.2 Å². The van der Waals surface area contributed by atoms with Gasteiger partial charge in [0, 0.05) is 0 Å². The van der Waals surface area contributed by atoms with E-state index in [2.05, 4.69) is 55.6 Å². The summed E-state index contributed by atoms with van der Waals surface area (Å²) in [6.07, 6.45) is 50.3. The summed E-state index contributed by atoms with van der Waals surface area (Å²) in [5.74, 6) is -0.597. The summed E-state index contributed by atoms with van der Waals surface area (Å²) in [7, 11) is 0. The summed E-state index contributed by atoms with van der Waals surface area (Å²) >= 11 is 0. The minimum atomic E-state index is -1.28. The number of amides is 1. The van der Waals surface area contributed by atoms with Crippen LogP contribution < -0.4 is 5.32 Å². The monoisotopic (exact) mass is 762 g/mol. The predicted octanol–water partition coefficient (Wildman–Crippen LogP) is 12.5. The topological polar surface area (TPSA) is 110 Å². The summed E-state index contributed by atoms with van der Waals surface area (Å²) in [5.41, 5.74) is 0. The van der Waals surface area contributed by atoms with Crippen molar-refractivity contribution in [2.75, 3.05) is 6.61 Å². The van der Waals surface area contributed by atoms with Crippen LogP contribution in [0, 0.1) is 0 Å². The van der Waals surface area contributed by atoms with E-state index in [0.717, 1.165) is 44.9 Å². The maximum atomic E-state index is 12.5. The molecule has 0 rings (SSSR count). The molecule has 5 N–H and O–H groups in total. The Morgan fingerprint density at radius 1 is 0.463 bits per heavy atom. The molecule has 0 aromatic heterocycles. The molecule has 6 nitrogen and oxygen atoms in total. The third-order valence-electron chi connectivity index (χ3n) is 10.9. The summed E-state index contributed by atoms with van der Waals surface area (Å²) < 4.78 is 0. The van der Waals surface area contributed by atoms with Gasteiger partial charge in [-0.2, -0.15) is 0 Å². The number of carbonyl (C=O) groups excluding carboxylic acids is 1. The standard InChI is InChI=1S/C48H91NO5/c1-3-5-7-9-11-13-15-17-19-21-23-24-26-27-29-31-33-35-37-39-41-45(51)47(53)44(43-50)49-48(54)46(52)42-40-38-36-34-32-30-28-25-22-20-18-16-14-12-10-8-6-4-2/h12,14,16,18,33,35,44-47,50-53H,3-11,13,15,17,19-32,34,36-43H2,1-2H3,(H,49,54)/b14-12-,18-16-,35-33+. The average molecular weight is 762 g/mol. The van der Waals surface area contributed by atoms with E-state index in [4.69, 9.17) is 0 Å². The van der Waals surface area contributed by atoms with E-state index in [9.17, 15) is 25.2 Å². The number of aliphatic hydroxyl groups is 4. The van der Waals surface area contributed by atoms with Gasteiger partial charge in [0.15, 0.2) is 0 Å². The maximum Gasteiger partial charge on any atom is 0.249 e. The van der Waals surface area contributed by atoms with E-state index >= 15 is 0 Å². The molecule has 0 saturated carbocycles. The van der Waals surface area contributed by atoms with Gasteiger partial charge >= 0.3 is 0 Å². The number of nitrogens with one attached hydrogen (secondary N) is 1. The lowest BCUT2D eigenvalue weighted by Crippen LogP contribution is -2.53. The predicted molar refractivity (Wildman–Crippen MR) is 233 cm³/mol. The third-order valence-corrected chi connectivity index (χ3v) is 10.9. The summed E-state index contributed by atoms with van der Waals surface area (Å²) in [4.78, 5) is 12.5. The van der Waals surface area contributed by atoms with Crippen molar-refractivity contribution >= 4 is 5.91 Å². The number of carbonyl (C=O) groups is 1. The van der Waals surface area contributed by atoms with Crippen molar-refractivity contribution in [1.29, 1.82) is 0 Å². The van der Waals surface area contributed by atoms with Gasteiger partial charge in [-0.25, -0.2) is 0 Å². The van der Waals surface area contributed by atoms with Crippen LogP contribution >= 0.6 is 0 Å². The zero-order chi connectivity index (χ0) is 39.6. The molecule has 0 aromatic carbocycles. The molecular weight excluding hydrogens is 671 g/mol. The SMILES string of the molecule is CCCCC/C=C\C=C/CCCCCCCCCCCC(O)C(=O)NC(CO)C(O)C(O)CCC/C=C/CCCCCCCCCCCCCCCCC. The minimum absolute atomic E-state index is 0.357. The number of hydrogen-bond acceptors (Lipinski definition) is 5. The molecular formula is C48H91NO5. The molecule has 0 heterocycles. The van der Waals surface area contributed by atoms with Crippen molar-refractivity contribution in [3.63, 3.8) is 0 Å². The number of unbranched alkanes of at least 4 members (excludes halogenated alkanes) is 28. The van der Waals surface area contributed by atoms with Crippen molar-refractivity contribution in [3.05, 3.63) is 36.5 Å². The number of aliphatic hydroxyl groups excluding tert-OH is 4. The second-order valence-electron chi connectivity index (χ2n) is 16.1. The Bertz CT molecular complexity index is 858. The van der Waals surface area contributed by atoms with Crippen LogP contribution in [0.1, 0.15) is 232 Å². The lowest BCUT2D eigenvalue weighted by molar-refractivity contribution is -0.132. The van der Waals surface area contributed by atoms with Gasteiger partial charge in [-0.1, -0.05) is 204 Å². The molecule has 54 heavy (non-hydrogen) atoms. The molecule has 4 atom stereocenters. The van der Waals surface area contributed by atoms with Crippen LogP contribution in [-0.4, -0.2) is 57.3 Å². The number of allylic oxidation sites excluding steroid dienone is 6. The summed E-state index contributed by atoms with van der Waals surface area (Å²) in [6.45, 7) is 4.02. The largest absolute Gasteiger partial charge is 0.394 e. The highest BCUT2D eigenvalue weighted by atomic mass is 16.3. The van der Waals surface area contributed by atoms with Crippen molar-refractivity contribution in [2.24, 2.45) is 0 Å². The molecule has 0 aromatic rings.